The van der Waals surface area contributed by atoms with E-state index in [1.165, 1.54) is 29.9 Å². The average molecular weight is 432 g/mol. The van der Waals surface area contributed by atoms with E-state index in [1.807, 2.05) is 11.8 Å². The number of halogens is 3. The molecule has 148 valence electrons. The molecule has 1 N–H and O–H groups in total. The van der Waals surface area contributed by atoms with Crippen LogP contribution in [0.2, 0.25) is 0 Å². The molecule has 27 heavy (non-hydrogen) atoms. The Hall–Kier alpha value is -1.21. The first-order valence-electron chi connectivity index (χ1n) is 8.80. The lowest BCUT2D eigenvalue weighted by atomic mass is 9.78. The summed E-state index contributed by atoms with van der Waals surface area (Å²) < 4.78 is 13.1. The van der Waals surface area contributed by atoms with Gasteiger partial charge in [-0.1, -0.05) is 0 Å². The predicted molar refractivity (Wildman–Crippen MR) is 112 cm³/mol. The number of rotatable bonds is 2. The van der Waals surface area contributed by atoms with Crippen LogP contribution in [0.4, 0.5) is 4.39 Å². The highest BCUT2D eigenvalue weighted by atomic mass is 35.5. The molecule has 0 aliphatic carbocycles. The number of nitrogens with one attached hydrogen (secondary N) is 1. The molecule has 4 nitrogen and oxygen atoms in total. The van der Waals surface area contributed by atoms with Crippen LogP contribution in [-0.2, 0) is 0 Å². The molecule has 2 saturated heterocycles. The number of nitrogens with zero attached hydrogens (tertiary/aromatic N) is 2. The Morgan fingerprint density at radius 1 is 1.19 bits per heavy atom. The summed E-state index contributed by atoms with van der Waals surface area (Å²) in [5, 5.41) is 4.23. The molecule has 2 aliphatic rings. The summed E-state index contributed by atoms with van der Waals surface area (Å²) in [4.78, 5) is 20.2. The maximum atomic E-state index is 13.1. The van der Waals surface area contributed by atoms with Gasteiger partial charge in [-0.05, 0) is 62.4 Å². The van der Waals surface area contributed by atoms with Crippen LogP contribution in [0, 0.1) is 18.2 Å². The van der Waals surface area contributed by atoms with Crippen molar-refractivity contribution in [2.45, 2.75) is 26.2 Å². The number of likely N-dealkylation sites (tertiary alicyclic amines) is 1. The number of aryl methyl sites for hydroxylation is 1. The Bertz CT molecular complexity index is 781. The van der Waals surface area contributed by atoms with E-state index in [0.29, 0.717) is 10.3 Å². The molecule has 2 aromatic rings. The molecule has 2 aliphatic heterocycles. The molecule has 0 atom stereocenters. The molecule has 0 unspecified atom stereocenters. The summed E-state index contributed by atoms with van der Waals surface area (Å²) in [6, 6.07) is 6.26. The first-order chi connectivity index (χ1) is 12.1. The number of carbonyl (C=O) groups is 1. The van der Waals surface area contributed by atoms with Crippen LogP contribution < -0.4 is 5.32 Å². The molecular weight excluding hydrogens is 408 g/mol. The van der Waals surface area contributed by atoms with Gasteiger partial charge in [0.1, 0.15) is 15.7 Å². The molecule has 0 bridgehead atoms. The zero-order chi connectivity index (χ0) is 17.4. The van der Waals surface area contributed by atoms with E-state index in [1.54, 1.807) is 12.1 Å². The largest absolute Gasteiger partial charge is 0.338 e. The fraction of sp³-hybridized carbons (Fsp3) is 0.474. The summed E-state index contributed by atoms with van der Waals surface area (Å²) in [5.41, 5.74) is 2.01. The van der Waals surface area contributed by atoms with Gasteiger partial charge in [-0.15, -0.1) is 36.2 Å². The molecule has 1 spiro atoms. The Labute approximate surface area is 175 Å². The van der Waals surface area contributed by atoms with Gasteiger partial charge in [-0.3, -0.25) is 4.79 Å². The summed E-state index contributed by atoms with van der Waals surface area (Å²) in [5.74, 6) is -0.179. The van der Waals surface area contributed by atoms with E-state index in [2.05, 4.69) is 10.3 Å². The lowest BCUT2D eigenvalue weighted by Gasteiger charge is -2.38. The minimum absolute atomic E-state index is 0. The highest BCUT2D eigenvalue weighted by molar-refractivity contribution is 7.17. The van der Waals surface area contributed by atoms with E-state index in [9.17, 15) is 9.18 Å². The summed E-state index contributed by atoms with van der Waals surface area (Å²) in [6.07, 6.45) is 3.38. The van der Waals surface area contributed by atoms with Crippen LogP contribution in [-0.4, -0.2) is 42.0 Å². The van der Waals surface area contributed by atoms with E-state index in [4.69, 9.17) is 0 Å². The van der Waals surface area contributed by atoms with Crippen LogP contribution in [0.1, 0.15) is 34.6 Å². The lowest BCUT2D eigenvalue weighted by molar-refractivity contribution is 0.0611. The first kappa shape index (κ1) is 22.1. The Balaban J connectivity index is 0.00000131. The molecule has 0 radical (unpaired) electrons. The van der Waals surface area contributed by atoms with E-state index >= 15 is 0 Å². The van der Waals surface area contributed by atoms with Crippen LogP contribution in [0.15, 0.2) is 24.3 Å². The number of amides is 1. The standard InChI is InChI=1S/C19H22FN3OS.2ClH/c1-13-16(25-17(22-13)14-2-4-15(20)5-3-14)18(24)23-10-7-19(8-11-23)6-9-21-12-19;;/h2-5,21H,6-12H2,1H3;2*1H. The number of hydrogen-bond acceptors (Lipinski definition) is 4. The predicted octanol–water partition coefficient (Wildman–Crippen LogP) is 4.32. The van der Waals surface area contributed by atoms with Crippen molar-refractivity contribution in [3.05, 3.63) is 40.7 Å². The van der Waals surface area contributed by atoms with E-state index in [-0.39, 0.29) is 36.5 Å². The second kappa shape index (κ2) is 8.86. The topological polar surface area (TPSA) is 45.2 Å². The zero-order valence-electron chi connectivity index (χ0n) is 15.2. The third-order valence-electron chi connectivity index (χ3n) is 5.53. The SMILES string of the molecule is Cc1nc(-c2ccc(F)cc2)sc1C(=O)N1CCC2(CCNC2)CC1.Cl.Cl. The van der Waals surface area contributed by atoms with Gasteiger partial charge in [0.25, 0.3) is 5.91 Å². The summed E-state index contributed by atoms with van der Waals surface area (Å²) in [7, 11) is 0. The smallest absolute Gasteiger partial charge is 0.265 e. The molecular formula is C19H24Cl2FN3OS. The highest BCUT2D eigenvalue weighted by Gasteiger charge is 2.38. The van der Waals surface area contributed by atoms with Crippen molar-refractivity contribution in [3.8, 4) is 10.6 Å². The van der Waals surface area contributed by atoms with Crippen molar-refractivity contribution in [2.24, 2.45) is 5.41 Å². The maximum absolute atomic E-state index is 13.1. The quantitative estimate of drug-likeness (QED) is 0.769. The lowest BCUT2D eigenvalue weighted by Crippen LogP contribution is -2.44. The van der Waals surface area contributed by atoms with Crippen LogP contribution in [0.5, 0.6) is 0 Å². The van der Waals surface area contributed by atoms with Gasteiger partial charge in [0.2, 0.25) is 0 Å². The number of carbonyl (C=O) groups excluding carboxylic acids is 1. The fourth-order valence-electron chi connectivity index (χ4n) is 3.86. The number of thiazole rings is 1. The van der Waals surface area contributed by atoms with Crippen molar-refractivity contribution >= 4 is 42.1 Å². The maximum Gasteiger partial charge on any atom is 0.265 e. The third kappa shape index (κ3) is 4.45. The van der Waals surface area contributed by atoms with Gasteiger partial charge in [0.05, 0.1) is 5.69 Å². The first-order valence-corrected chi connectivity index (χ1v) is 9.61. The molecule has 2 fully saturated rings. The normalized spacial score (nSPS) is 18.1. The van der Waals surface area contributed by atoms with Crippen LogP contribution in [0.3, 0.4) is 0 Å². The number of benzene rings is 1. The Morgan fingerprint density at radius 2 is 1.85 bits per heavy atom. The number of piperidine rings is 1. The van der Waals surface area contributed by atoms with Crippen molar-refractivity contribution < 1.29 is 9.18 Å². The number of aromatic nitrogens is 1. The molecule has 3 heterocycles. The van der Waals surface area contributed by atoms with Crippen molar-refractivity contribution in [1.82, 2.24) is 15.2 Å². The van der Waals surface area contributed by atoms with Crippen molar-refractivity contribution in [2.75, 3.05) is 26.2 Å². The fourth-order valence-corrected chi connectivity index (χ4v) is 4.90. The number of hydrogen-bond donors (Lipinski definition) is 1. The highest BCUT2D eigenvalue weighted by Crippen LogP contribution is 2.38. The van der Waals surface area contributed by atoms with Gasteiger partial charge in [-0.25, -0.2) is 9.37 Å². The molecule has 1 amide bonds. The average Bonchev–Trinajstić information content (AvgIpc) is 3.23. The van der Waals surface area contributed by atoms with E-state index in [0.717, 1.165) is 55.3 Å². The molecule has 1 aromatic carbocycles. The van der Waals surface area contributed by atoms with Gasteiger partial charge in [0, 0.05) is 25.2 Å². The van der Waals surface area contributed by atoms with Crippen LogP contribution >= 0.6 is 36.2 Å². The molecule has 8 heteroatoms. The summed E-state index contributed by atoms with van der Waals surface area (Å²) >= 11 is 1.41. The van der Waals surface area contributed by atoms with Gasteiger partial charge in [0.15, 0.2) is 0 Å². The van der Waals surface area contributed by atoms with Gasteiger partial charge in [-0.2, -0.15) is 0 Å². The molecule has 1 aromatic heterocycles. The second-order valence-electron chi connectivity index (χ2n) is 7.16. The summed E-state index contributed by atoms with van der Waals surface area (Å²) in [6.45, 7) is 5.71. The van der Waals surface area contributed by atoms with Crippen molar-refractivity contribution in [3.63, 3.8) is 0 Å². The molecule has 0 saturated carbocycles. The van der Waals surface area contributed by atoms with Gasteiger partial charge >= 0.3 is 0 Å². The Morgan fingerprint density at radius 3 is 2.44 bits per heavy atom. The van der Waals surface area contributed by atoms with E-state index < -0.39 is 0 Å². The third-order valence-corrected chi connectivity index (χ3v) is 6.72. The minimum Gasteiger partial charge on any atom is -0.338 e. The monoisotopic (exact) mass is 431 g/mol. The Kier molecular flexibility index (Phi) is 7.25. The second-order valence-corrected chi connectivity index (χ2v) is 8.16. The minimum atomic E-state index is -0.267. The molecule has 4 rings (SSSR count). The zero-order valence-corrected chi connectivity index (χ0v) is 17.6. The van der Waals surface area contributed by atoms with Gasteiger partial charge < -0.3 is 10.2 Å². The van der Waals surface area contributed by atoms with Crippen LogP contribution in [0.25, 0.3) is 10.6 Å². The van der Waals surface area contributed by atoms with Crippen molar-refractivity contribution in [1.29, 1.82) is 0 Å².